The summed E-state index contributed by atoms with van der Waals surface area (Å²) in [7, 11) is 0. The number of aryl methyl sites for hydroxylation is 1. The van der Waals surface area contributed by atoms with Crippen molar-refractivity contribution in [2.24, 2.45) is 5.73 Å². The van der Waals surface area contributed by atoms with Crippen molar-refractivity contribution in [3.63, 3.8) is 0 Å². The average Bonchev–Trinajstić information content (AvgIpc) is 3.06. The number of urea groups is 1. The van der Waals surface area contributed by atoms with Crippen molar-refractivity contribution in [2.75, 3.05) is 18.4 Å². The molecule has 3 amide bonds. The lowest BCUT2D eigenvalue weighted by atomic mass is 10.2. The second-order valence-corrected chi connectivity index (χ2v) is 5.10. The number of hydrogen-bond acceptors (Lipinski definition) is 4. The van der Waals surface area contributed by atoms with Crippen LogP contribution in [-0.2, 0) is 0 Å². The first-order valence-corrected chi connectivity index (χ1v) is 6.82. The lowest BCUT2D eigenvalue weighted by Gasteiger charge is -2.15. The molecule has 1 fully saturated rings. The Bertz CT molecular complexity index is 716. The Balaban J connectivity index is 2.00. The fourth-order valence-electron chi connectivity index (χ4n) is 2.47. The van der Waals surface area contributed by atoms with Crippen LogP contribution in [0.25, 0.3) is 11.1 Å². The second kappa shape index (κ2) is 5.08. The Hall–Kier alpha value is -2.57. The molecule has 0 radical (unpaired) electrons. The van der Waals surface area contributed by atoms with E-state index in [2.05, 4.69) is 10.3 Å². The molecule has 1 aliphatic rings. The fraction of sp³-hybridized carbons (Fsp3) is 0.357. The number of hydrogen-bond donors (Lipinski definition) is 2. The maximum Gasteiger partial charge on any atom is 0.321 e. The van der Waals surface area contributed by atoms with Crippen LogP contribution in [0.4, 0.5) is 10.5 Å². The molecular formula is C14H16N4O3. The molecule has 110 valence electrons. The molecule has 1 aliphatic heterocycles. The van der Waals surface area contributed by atoms with Crippen molar-refractivity contribution < 1.29 is 14.0 Å². The number of nitrogens with one attached hydrogen (secondary N) is 1. The van der Waals surface area contributed by atoms with Gasteiger partial charge >= 0.3 is 6.03 Å². The Kier molecular flexibility index (Phi) is 3.25. The van der Waals surface area contributed by atoms with E-state index in [0.717, 1.165) is 18.5 Å². The number of furan rings is 1. The maximum absolute atomic E-state index is 12.2. The molecule has 0 aliphatic carbocycles. The molecule has 0 saturated carbocycles. The Morgan fingerprint density at radius 1 is 1.33 bits per heavy atom. The summed E-state index contributed by atoms with van der Waals surface area (Å²) in [4.78, 5) is 29.6. The zero-order valence-corrected chi connectivity index (χ0v) is 11.7. The average molecular weight is 288 g/mol. The van der Waals surface area contributed by atoms with Crippen molar-refractivity contribution >= 4 is 28.7 Å². The van der Waals surface area contributed by atoms with E-state index in [1.165, 1.54) is 0 Å². The highest BCUT2D eigenvalue weighted by molar-refractivity contribution is 6.09. The zero-order valence-electron chi connectivity index (χ0n) is 11.7. The summed E-state index contributed by atoms with van der Waals surface area (Å²) in [6.07, 6.45) is 1.98. The smallest absolute Gasteiger partial charge is 0.321 e. The van der Waals surface area contributed by atoms with Crippen LogP contribution >= 0.6 is 0 Å². The quantitative estimate of drug-likeness (QED) is 0.880. The molecule has 2 aromatic heterocycles. The lowest BCUT2D eigenvalue weighted by Crippen LogP contribution is -2.32. The third kappa shape index (κ3) is 2.42. The number of nitrogens with two attached hydrogens (primary N) is 1. The molecular weight excluding hydrogens is 272 g/mol. The number of pyridine rings is 1. The van der Waals surface area contributed by atoms with E-state index >= 15 is 0 Å². The fourth-order valence-corrected chi connectivity index (χ4v) is 2.47. The second-order valence-electron chi connectivity index (χ2n) is 5.10. The number of amides is 3. The highest BCUT2D eigenvalue weighted by atomic mass is 16.4. The van der Waals surface area contributed by atoms with Crippen LogP contribution in [0.15, 0.2) is 16.5 Å². The third-order valence-corrected chi connectivity index (χ3v) is 3.54. The molecule has 3 rings (SSSR count). The summed E-state index contributed by atoms with van der Waals surface area (Å²) in [6, 6.07) is 3.29. The lowest BCUT2D eigenvalue weighted by molar-refractivity contribution is 0.0977. The Morgan fingerprint density at radius 2 is 2.05 bits per heavy atom. The summed E-state index contributed by atoms with van der Waals surface area (Å²) < 4.78 is 5.39. The molecule has 0 spiro atoms. The van der Waals surface area contributed by atoms with Crippen LogP contribution in [0.5, 0.6) is 0 Å². The van der Waals surface area contributed by atoms with Gasteiger partial charge in [0.1, 0.15) is 5.69 Å². The summed E-state index contributed by atoms with van der Waals surface area (Å²) in [5.74, 6) is -0.807. The molecule has 0 bridgehead atoms. The number of primary amides is 1. The number of rotatable bonds is 2. The minimum Gasteiger partial charge on any atom is -0.430 e. The third-order valence-electron chi connectivity index (χ3n) is 3.54. The topological polar surface area (TPSA) is 101 Å². The highest BCUT2D eigenvalue weighted by Crippen LogP contribution is 2.30. The highest BCUT2D eigenvalue weighted by Gasteiger charge is 2.24. The minimum atomic E-state index is -0.734. The van der Waals surface area contributed by atoms with Gasteiger partial charge in [-0.15, -0.1) is 0 Å². The van der Waals surface area contributed by atoms with Gasteiger partial charge in [-0.2, -0.15) is 0 Å². The van der Waals surface area contributed by atoms with Crippen molar-refractivity contribution in [3.8, 4) is 0 Å². The van der Waals surface area contributed by atoms with Gasteiger partial charge < -0.3 is 20.4 Å². The van der Waals surface area contributed by atoms with Crippen LogP contribution in [0, 0.1) is 6.92 Å². The first kappa shape index (κ1) is 13.4. The maximum atomic E-state index is 12.2. The van der Waals surface area contributed by atoms with Crippen LogP contribution in [0.2, 0.25) is 0 Å². The molecule has 3 N–H and O–H groups in total. The van der Waals surface area contributed by atoms with Crippen LogP contribution in [0.3, 0.4) is 0 Å². The number of carbonyl (C=O) groups is 2. The van der Waals surface area contributed by atoms with E-state index in [-0.39, 0.29) is 11.8 Å². The number of fused-ring (bicyclic) bond motifs is 1. The van der Waals surface area contributed by atoms with Crippen LogP contribution < -0.4 is 11.1 Å². The van der Waals surface area contributed by atoms with E-state index in [1.807, 2.05) is 6.92 Å². The Morgan fingerprint density at radius 3 is 2.71 bits per heavy atom. The van der Waals surface area contributed by atoms with Gasteiger partial charge in [-0.05, 0) is 31.9 Å². The van der Waals surface area contributed by atoms with Gasteiger partial charge in [0.05, 0.1) is 5.39 Å². The summed E-state index contributed by atoms with van der Waals surface area (Å²) in [6.45, 7) is 3.24. The van der Waals surface area contributed by atoms with Gasteiger partial charge in [0.2, 0.25) is 11.5 Å². The first-order valence-electron chi connectivity index (χ1n) is 6.82. The number of carbonyl (C=O) groups excluding carboxylic acids is 2. The summed E-state index contributed by atoms with van der Waals surface area (Å²) in [5, 5.41) is 3.30. The number of anilines is 1. The van der Waals surface area contributed by atoms with E-state index in [0.29, 0.717) is 29.9 Å². The monoisotopic (exact) mass is 288 g/mol. The molecule has 0 aromatic carbocycles. The van der Waals surface area contributed by atoms with Gasteiger partial charge in [0.15, 0.2) is 0 Å². The van der Waals surface area contributed by atoms with Crippen molar-refractivity contribution in [1.29, 1.82) is 0 Å². The summed E-state index contributed by atoms with van der Waals surface area (Å²) in [5.41, 5.74) is 6.66. The summed E-state index contributed by atoms with van der Waals surface area (Å²) >= 11 is 0. The number of nitrogens with zero attached hydrogens (tertiary/aromatic N) is 2. The van der Waals surface area contributed by atoms with Crippen molar-refractivity contribution in [3.05, 3.63) is 23.6 Å². The van der Waals surface area contributed by atoms with Gasteiger partial charge in [-0.1, -0.05) is 0 Å². The molecule has 3 heterocycles. The number of likely N-dealkylation sites (tertiary alicyclic amines) is 1. The van der Waals surface area contributed by atoms with E-state index < -0.39 is 5.91 Å². The molecule has 1 saturated heterocycles. The van der Waals surface area contributed by atoms with Gasteiger partial charge in [-0.3, -0.25) is 4.79 Å². The molecule has 21 heavy (non-hydrogen) atoms. The van der Waals surface area contributed by atoms with E-state index in [9.17, 15) is 9.59 Å². The first-order chi connectivity index (χ1) is 10.1. The molecule has 0 atom stereocenters. The predicted molar refractivity (Wildman–Crippen MR) is 77.1 cm³/mol. The standard InChI is InChI=1S/C14H16N4O3/c1-8-4-5-9-10(11(12(15)19)21-13(9)16-8)17-14(20)18-6-2-3-7-18/h4-5H,2-3,6-7H2,1H3,(H2,15,19)(H,17,20). The number of aromatic nitrogens is 1. The molecule has 0 unspecified atom stereocenters. The van der Waals surface area contributed by atoms with Crippen molar-refractivity contribution in [2.45, 2.75) is 19.8 Å². The van der Waals surface area contributed by atoms with Gasteiger partial charge in [-0.25, -0.2) is 9.78 Å². The van der Waals surface area contributed by atoms with E-state index in [1.54, 1.807) is 17.0 Å². The molecule has 7 nitrogen and oxygen atoms in total. The van der Waals surface area contributed by atoms with Gasteiger partial charge in [0, 0.05) is 18.8 Å². The van der Waals surface area contributed by atoms with E-state index in [4.69, 9.17) is 10.2 Å². The van der Waals surface area contributed by atoms with Crippen molar-refractivity contribution in [1.82, 2.24) is 9.88 Å². The Labute approximate surface area is 121 Å². The largest absolute Gasteiger partial charge is 0.430 e. The zero-order chi connectivity index (χ0) is 15.0. The predicted octanol–water partition coefficient (Wildman–Crippen LogP) is 1.86. The SMILES string of the molecule is Cc1ccc2c(NC(=O)N3CCCC3)c(C(N)=O)oc2n1. The molecule has 2 aromatic rings. The van der Waals surface area contributed by atoms with Crippen LogP contribution in [0.1, 0.15) is 29.1 Å². The minimum absolute atomic E-state index is 0.0735. The van der Waals surface area contributed by atoms with Crippen LogP contribution in [-0.4, -0.2) is 34.9 Å². The van der Waals surface area contributed by atoms with Gasteiger partial charge in [0.25, 0.3) is 5.91 Å². The normalized spacial score (nSPS) is 14.6. The molecule has 7 heteroatoms.